The molecule has 33 heavy (non-hydrogen) atoms. The van der Waals surface area contributed by atoms with Gasteiger partial charge >= 0.3 is 6.03 Å². The summed E-state index contributed by atoms with van der Waals surface area (Å²) >= 11 is 1.79. The number of amides is 3. The first-order chi connectivity index (χ1) is 15.4. The van der Waals surface area contributed by atoms with Crippen molar-refractivity contribution in [3.8, 4) is 0 Å². The van der Waals surface area contributed by atoms with Gasteiger partial charge in [0, 0.05) is 44.8 Å². The van der Waals surface area contributed by atoms with Crippen molar-refractivity contribution in [2.75, 3.05) is 39.3 Å². The summed E-state index contributed by atoms with van der Waals surface area (Å²) in [6.07, 6.45) is 0.859. The van der Waals surface area contributed by atoms with Crippen molar-refractivity contribution in [2.45, 2.75) is 76.5 Å². The molecule has 3 rings (SSSR count). The summed E-state index contributed by atoms with van der Waals surface area (Å²) in [5.74, 6) is 0.260. The molecule has 1 N–H and O–H groups in total. The molecule has 2 aliphatic rings. The van der Waals surface area contributed by atoms with Crippen LogP contribution in [-0.2, 0) is 10.2 Å². The molecule has 0 saturated carbocycles. The van der Waals surface area contributed by atoms with E-state index in [0.717, 1.165) is 45.7 Å². The first-order valence-electron chi connectivity index (χ1n) is 12.2. The average molecular weight is 475 g/mol. The van der Waals surface area contributed by atoms with Gasteiger partial charge in [-0.1, -0.05) is 52.0 Å². The number of hydrogen-bond acceptors (Lipinski definition) is 4. The minimum absolute atomic E-state index is 0.0119. The summed E-state index contributed by atoms with van der Waals surface area (Å²) in [7, 11) is 0. The van der Waals surface area contributed by atoms with Crippen LogP contribution < -0.4 is 5.32 Å². The third-order valence-corrected chi connectivity index (χ3v) is 8.01. The van der Waals surface area contributed by atoms with Gasteiger partial charge < -0.3 is 15.1 Å². The Bertz CT molecular complexity index is 820. The Kier molecular flexibility index (Phi) is 8.05. The van der Waals surface area contributed by atoms with E-state index in [2.05, 4.69) is 67.1 Å². The fourth-order valence-electron chi connectivity index (χ4n) is 4.32. The summed E-state index contributed by atoms with van der Waals surface area (Å²) in [4.78, 5) is 31.9. The fraction of sp³-hybridized carbons (Fsp3) is 0.692. The monoisotopic (exact) mass is 474 g/mol. The van der Waals surface area contributed by atoms with Gasteiger partial charge in [0.1, 0.15) is 5.37 Å². The molecule has 2 heterocycles. The van der Waals surface area contributed by atoms with Crippen molar-refractivity contribution >= 4 is 23.7 Å². The van der Waals surface area contributed by atoms with E-state index < -0.39 is 0 Å². The number of carbonyl (C=O) groups excluding carboxylic acids is 2. The Morgan fingerprint density at radius 3 is 2.12 bits per heavy atom. The largest absolute Gasteiger partial charge is 0.333 e. The lowest BCUT2D eigenvalue weighted by molar-refractivity contribution is -0.130. The van der Waals surface area contributed by atoms with Crippen molar-refractivity contribution in [3.05, 3.63) is 35.4 Å². The van der Waals surface area contributed by atoms with E-state index in [9.17, 15) is 9.59 Å². The standard InChI is InChI=1S/C26H42N4O2S/c1-8-21-22(31)30(23(33-21)19-9-11-20(12-10-19)25(2,3)4)18-15-28-13-16-29(17-14-28)24(32)27-26(5,6)7/h9-12,21,23H,8,13-18H2,1-7H3,(H,27,32)/t21-,23+/m0/s1. The quantitative estimate of drug-likeness (QED) is 0.684. The summed E-state index contributed by atoms with van der Waals surface area (Å²) in [6, 6.07) is 8.82. The van der Waals surface area contributed by atoms with E-state index in [1.54, 1.807) is 11.8 Å². The van der Waals surface area contributed by atoms with Gasteiger partial charge in [-0.25, -0.2) is 4.79 Å². The molecule has 7 heteroatoms. The molecule has 0 unspecified atom stereocenters. The van der Waals surface area contributed by atoms with Crippen LogP contribution in [-0.4, -0.2) is 76.7 Å². The molecule has 6 nitrogen and oxygen atoms in total. The SMILES string of the molecule is CC[C@@H]1S[C@H](c2ccc(C(C)(C)C)cc2)N(CCN2CCN(C(=O)NC(C)(C)C)CC2)C1=O. The van der Waals surface area contributed by atoms with Crippen LogP contribution in [0.15, 0.2) is 24.3 Å². The first-order valence-corrected chi connectivity index (χ1v) is 13.2. The highest BCUT2D eigenvalue weighted by Gasteiger charge is 2.40. The third kappa shape index (κ3) is 6.66. The molecule has 0 aromatic heterocycles. The average Bonchev–Trinajstić information content (AvgIpc) is 3.06. The molecule has 1 aromatic rings. The Balaban J connectivity index is 1.59. The highest BCUT2D eigenvalue weighted by atomic mass is 32.2. The van der Waals surface area contributed by atoms with E-state index in [1.807, 2.05) is 25.7 Å². The van der Waals surface area contributed by atoms with Crippen molar-refractivity contribution in [2.24, 2.45) is 0 Å². The van der Waals surface area contributed by atoms with Crippen LogP contribution >= 0.6 is 11.8 Å². The highest BCUT2D eigenvalue weighted by Crippen LogP contribution is 2.44. The maximum absolute atomic E-state index is 13.1. The van der Waals surface area contributed by atoms with Gasteiger partial charge in [-0.3, -0.25) is 9.69 Å². The summed E-state index contributed by atoms with van der Waals surface area (Å²) in [5, 5.41) is 3.16. The van der Waals surface area contributed by atoms with E-state index in [1.165, 1.54) is 11.1 Å². The molecule has 2 aliphatic heterocycles. The number of urea groups is 1. The lowest BCUT2D eigenvalue weighted by atomic mass is 9.86. The van der Waals surface area contributed by atoms with Crippen LogP contribution in [0.5, 0.6) is 0 Å². The molecular formula is C26H42N4O2S. The van der Waals surface area contributed by atoms with Crippen LogP contribution in [0.2, 0.25) is 0 Å². The minimum Gasteiger partial charge on any atom is -0.333 e. The topological polar surface area (TPSA) is 55.9 Å². The van der Waals surface area contributed by atoms with Crippen LogP contribution in [0, 0.1) is 0 Å². The van der Waals surface area contributed by atoms with Crippen molar-refractivity contribution in [1.82, 2.24) is 20.0 Å². The van der Waals surface area contributed by atoms with Gasteiger partial charge in [0.25, 0.3) is 0 Å². The van der Waals surface area contributed by atoms with Crippen molar-refractivity contribution < 1.29 is 9.59 Å². The molecule has 2 atom stereocenters. The summed E-state index contributed by atoms with van der Waals surface area (Å²) in [6.45, 7) is 19.5. The Labute approximate surface area is 204 Å². The smallest absolute Gasteiger partial charge is 0.317 e. The predicted molar refractivity (Wildman–Crippen MR) is 138 cm³/mol. The summed E-state index contributed by atoms with van der Waals surface area (Å²) < 4.78 is 0. The third-order valence-electron chi connectivity index (χ3n) is 6.37. The molecule has 1 aromatic carbocycles. The molecular weight excluding hydrogens is 432 g/mol. The zero-order valence-corrected chi connectivity index (χ0v) is 22.3. The van der Waals surface area contributed by atoms with Crippen LogP contribution in [0.3, 0.4) is 0 Å². The molecule has 184 valence electrons. The predicted octanol–water partition coefficient (Wildman–Crippen LogP) is 4.46. The molecule has 0 aliphatic carbocycles. The zero-order chi connectivity index (χ0) is 24.4. The second kappa shape index (κ2) is 10.3. The number of thioether (sulfide) groups is 1. The fourth-order valence-corrected chi connectivity index (χ4v) is 5.74. The van der Waals surface area contributed by atoms with Gasteiger partial charge in [0.15, 0.2) is 0 Å². The number of hydrogen-bond donors (Lipinski definition) is 1. The zero-order valence-electron chi connectivity index (χ0n) is 21.5. The maximum Gasteiger partial charge on any atom is 0.317 e. The molecule has 2 saturated heterocycles. The summed E-state index contributed by atoms with van der Waals surface area (Å²) in [5.41, 5.74) is 2.42. The second-order valence-electron chi connectivity index (χ2n) is 11.3. The van der Waals surface area contributed by atoms with Gasteiger partial charge in [0.05, 0.1) is 5.25 Å². The van der Waals surface area contributed by atoms with E-state index in [4.69, 9.17) is 0 Å². The molecule has 3 amide bonds. The Morgan fingerprint density at radius 1 is 1.00 bits per heavy atom. The first kappa shape index (κ1) is 25.9. The molecule has 0 radical (unpaired) electrons. The van der Waals surface area contributed by atoms with Crippen molar-refractivity contribution in [1.29, 1.82) is 0 Å². The van der Waals surface area contributed by atoms with Gasteiger partial charge in [0.2, 0.25) is 5.91 Å². The van der Waals surface area contributed by atoms with Crippen LogP contribution in [0.25, 0.3) is 0 Å². The van der Waals surface area contributed by atoms with Crippen LogP contribution in [0.4, 0.5) is 4.79 Å². The Hall–Kier alpha value is -1.73. The maximum atomic E-state index is 13.1. The van der Waals surface area contributed by atoms with E-state index >= 15 is 0 Å². The molecule has 0 spiro atoms. The number of nitrogens with zero attached hydrogens (tertiary/aromatic N) is 3. The van der Waals surface area contributed by atoms with Gasteiger partial charge in [-0.15, -0.1) is 11.8 Å². The molecule has 2 fully saturated rings. The highest BCUT2D eigenvalue weighted by molar-refractivity contribution is 8.01. The minimum atomic E-state index is -0.224. The normalized spacial score (nSPS) is 22.7. The van der Waals surface area contributed by atoms with Crippen LogP contribution in [0.1, 0.15) is 71.4 Å². The van der Waals surface area contributed by atoms with Crippen molar-refractivity contribution in [3.63, 3.8) is 0 Å². The second-order valence-corrected chi connectivity index (χ2v) is 12.6. The number of carbonyl (C=O) groups is 2. The lowest BCUT2D eigenvalue weighted by Crippen LogP contribution is -2.55. The number of piperazine rings is 1. The van der Waals surface area contributed by atoms with Gasteiger partial charge in [-0.05, 0) is 43.7 Å². The number of benzene rings is 1. The number of rotatable bonds is 5. The van der Waals surface area contributed by atoms with Gasteiger partial charge in [-0.2, -0.15) is 0 Å². The van der Waals surface area contributed by atoms with E-state index in [0.29, 0.717) is 0 Å². The lowest BCUT2D eigenvalue weighted by Gasteiger charge is -2.37. The molecule has 0 bridgehead atoms. The Morgan fingerprint density at radius 2 is 1.61 bits per heavy atom. The number of nitrogens with one attached hydrogen (secondary N) is 1. The van der Waals surface area contributed by atoms with E-state index in [-0.39, 0.29) is 33.5 Å².